The average molecular weight is 323 g/mol. The number of hydrogen-bond donors (Lipinski definition) is 2. The van der Waals surface area contributed by atoms with Gasteiger partial charge in [0, 0.05) is 17.8 Å². The lowest BCUT2D eigenvalue weighted by Gasteiger charge is -2.15. The largest absolute Gasteiger partial charge is 0.367 e. The standard InChI is InChI=1S/C15H22N4S2/c1-3-7-16-15-18-13(12-6-8-21-14(12)19-15)17-10-4-5-11(9-10)20-2/h6,8,10-11H,3-5,7,9H2,1-2H3,(H2,16,17,18,19). The molecule has 1 saturated carbocycles. The third-order valence-electron chi connectivity index (χ3n) is 3.92. The van der Waals surface area contributed by atoms with Crippen LogP contribution in [0.25, 0.3) is 10.2 Å². The Morgan fingerprint density at radius 1 is 1.38 bits per heavy atom. The Kier molecular flexibility index (Phi) is 4.85. The van der Waals surface area contributed by atoms with Crippen LogP contribution in [0.3, 0.4) is 0 Å². The van der Waals surface area contributed by atoms with Crippen molar-refractivity contribution in [2.75, 3.05) is 23.4 Å². The first-order valence-corrected chi connectivity index (χ1v) is 9.75. The average Bonchev–Trinajstić information content (AvgIpc) is 3.13. The zero-order chi connectivity index (χ0) is 14.7. The predicted octanol–water partition coefficient (Wildman–Crippen LogP) is 4.21. The van der Waals surface area contributed by atoms with Gasteiger partial charge in [-0.2, -0.15) is 16.7 Å². The van der Waals surface area contributed by atoms with E-state index in [1.807, 2.05) is 11.8 Å². The third-order valence-corrected chi connectivity index (χ3v) is 5.82. The number of anilines is 2. The zero-order valence-electron chi connectivity index (χ0n) is 12.6. The number of rotatable bonds is 6. The molecule has 0 aliphatic heterocycles. The first-order chi connectivity index (χ1) is 10.3. The third kappa shape index (κ3) is 3.43. The Balaban J connectivity index is 1.81. The van der Waals surface area contributed by atoms with E-state index in [9.17, 15) is 0 Å². The first-order valence-electron chi connectivity index (χ1n) is 7.58. The van der Waals surface area contributed by atoms with Crippen LogP contribution in [0.4, 0.5) is 11.8 Å². The maximum absolute atomic E-state index is 4.69. The van der Waals surface area contributed by atoms with Crippen molar-refractivity contribution in [2.45, 2.75) is 43.9 Å². The number of thiophene rings is 1. The highest BCUT2D eigenvalue weighted by Crippen LogP contribution is 2.32. The summed E-state index contributed by atoms with van der Waals surface area (Å²) in [5.41, 5.74) is 0. The van der Waals surface area contributed by atoms with Crippen LogP contribution in [0.2, 0.25) is 0 Å². The summed E-state index contributed by atoms with van der Waals surface area (Å²) in [6, 6.07) is 2.66. The SMILES string of the molecule is CCCNc1nc(NC2CCC(SC)C2)c2ccsc2n1. The summed E-state index contributed by atoms with van der Waals surface area (Å²) >= 11 is 3.66. The van der Waals surface area contributed by atoms with Gasteiger partial charge < -0.3 is 10.6 Å². The lowest BCUT2D eigenvalue weighted by molar-refractivity contribution is 0.753. The van der Waals surface area contributed by atoms with Crippen molar-refractivity contribution in [3.8, 4) is 0 Å². The van der Waals surface area contributed by atoms with Gasteiger partial charge in [0.15, 0.2) is 0 Å². The summed E-state index contributed by atoms with van der Waals surface area (Å²) in [4.78, 5) is 10.3. The van der Waals surface area contributed by atoms with Crippen molar-refractivity contribution in [3.05, 3.63) is 11.4 Å². The molecule has 0 amide bonds. The van der Waals surface area contributed by atoms with Gasteiger partial charge in [-0.05, 0) is 43.4 Å². The smallest absolute Gasteiger partial charge is 0.226 e. The molecule has 2 heterocycles. The van der Waals surface area contributed by atoms with Crippen LogP contribution >= 0.6 is 23.1 Å². The van der Waals surface area contributed by atoms with Crippen LogP contribution in [0, 0.1) is 0 Å². The minimum atomic E-state index is 0.541. The van der Waals surface area contributed by atoms with E-state index in [1.165, 1.54) is 19.3 Å². The second kappa shape index (κ2) is 6.83. The molecular formula is C15H22N4S2. The van der Waals surface area contributed by atoms with Crippen LogP contribution < -0.4 is 10.6 Å². The molecule has 114 valence electrons. The fraction of sp³-hybridized carbons (Fsp3) is 0.600. The van der Waals surface area contributed by atoms with E-state index in [1.54, 1.807) is 11.3 Å². The van der Waals surface area contributed by atoms with Gasteiger partial charge in [0.05, 0.1) is 5.39 Å². The molecule has 1 fully saturated rings. The molecule has 21 heavy (non-hydrogen) atoms. The molecule has 1 aliphatic rings. The molecule has 2 atom stereocenters. The Morgan fingerprint density at radius 3 is 3.05 bits per heavy atom. The Bertz CT molecular complexity index is 598. The second-order valence-corrected chi connectivity index (χ2v) is 7.51. The fourth-order valence-electron chi connectivity index (χ4n) is 2.76. The van der Waals surface area contributed by atoms with E-state index in [0.717, 1.165) is 40.2 Å². The van der Waals surface area contributed by atoms with Crippen LogP contribution in [0.5, 0.6) is 0 Å². The van der Waals surface area contributed by atoms with Crippen LogP contribution in [0.1, 0.15) is 32.6 Å². The van der Waals surface area contributed by atoms with Crippen molar-refractivity contribution in [1.82, 2.24) is 9.97 Å². The quantitative estimate of drug-likeness (QED) is 0.834. The lowest BCUT2D eigenvalue weighted by atomic mass is 10.2. The van der Waals surface area contributed by atoms with Crippen LogP contribution in [0.15, 0.2) is 11.4 Å². The molecule has 0 bridgehead atoms. The summed E-state index contributed by atoms with van der Waals surface area (Å²) in [6.45, 7) is 3.06. The van der Waals surface area contributed by atoms with Crippen molar-refractivity contribution in [3.63, 3.8) is 0 Å². The van der Waals surface area contributed by atoms with Crippen molar-refractivity contribution in [2.24, 2.45) is 0 Å². The molecular weight excluding hydrogens is 300 g/mol. The monoisotopic (exact) mass is 322 g/mol. The van der Waals surface area contributed by atoms with Gasteiger partial charge in [0.2, 0.25) is 5.95 Å². The maximum atomic E-state index is 4.69. The highest BCUT2D eigenvalue weighted by atomic mass is 32.2. The van der Waals surface area contributed by atoms with Crippen molar-refractivity contribution >= 4 is 45.1 Å². The van der Waals surface area contributed by atoms with Gasteiger partial charge in [-0.15, -0.1) is 11.3 Å². The molecule has 2 N–H and O–H groups in total. The molecule has 0 radical (unpaired) electrons. The molecule has 0 aromatic carbocycles. The molecule has 0 saturated heterocycles. The van der Waals surface area contributed by atoms with Gasteiger partial charge in [-0.1, -0.05) is 6.92 Å². The van der Waals surface area contributed by atoms with Crippen molar-refractivity contribution < 1.29 is 0 Å². The normalized spacial score (nSPS) is 21.8. The zero-order valence-corrected chi connectivity index (χ0v) is 14.2. The number of aromatic nitrogens is 2. The molecule has 0 spiro atoms. The highest BCUT2D eigenvalue weighted by Gasteiger charge is 2.24. The summed E-state index contributed by atoms with van der Waals surface area (Å²) in [7, 11) is 0. The van der Waals surface area contributed by atoms with Gasteiger partial charge >= 0.3 is 0 Å². The van der Waals surface area contributed by atoms with E-state index in [4.69, 9.17) is 4.98 Å². The Hall–Kier alpha value is -1.01. The number of nitrogens with zero attached hydrogens (tertiary/aromatic N) is 2. The first kappa shape index (κ1) is 14.9. The van der Waals surface area contributed by atoms with Gasteiger partial charge in [0.25, 0.3) is 0 Å². The summed E-state index contributed by atoms with van der Waals surface area (Å²) < 4.78 is 0. The van der Waals surface area contributed by atoms with Crippen LogP contribution in [-0.4, -0.2) is 34.1 Å². The summed E-state index contributed by atoms with van der Waals surface area (Å²) in [6.07, 6.45) is 7.05. The Morgan fingerprint density at radius 2 is 2.29 bits per heavy atom. The van der Waals surface area contributed by atoms with E-state index in [-0.39, 0.29) is 0 Å². The molecule has 2 unspecified atom stereocenters. The van der Waals surface area contributed by atoms with Gasteiger partial charge in [0.1, 0.15) is 10.6 Å². The predicted molar refractivity (Wildman–Crippen MR) is 94.8 cm³/mol. The fourth-order valence-corrected chi connectivity index (χ4v) is 4.32. The lowest BCUT2D eigenvalue weighted by Crippen LogP contribution is -2.18. The van der Waals surface area contributed by atoms with E-state index in [2.05, 4.69) is 40.2 Å². The number of thioether (sulfide) groups is 1. The second-order valence-electron chi connectivity index (χ2n) is 5.47. The highest BCUT2D eigenvalue weighted by molar-refractivity contribution is 7.99. The van der Waals surface area contributed by atoms with Gasteiger partial charge in [-0.25, -0.2) is 4.98 Å². The molecule has 1 aliphatic carbocycles. The van der Waals surface area contributed by atoms with Gasteiger partial charge in [-0.3, -0.25) is 0 Å². The number of nitrogens with one attached hydrogen (secondary N) is 2. The van der Waals surface area contributed by atoms with Crippen LogP contribution in [-0.2, 0) is 0 Å². The minimum Gasteiger partial charge on any atom is -0.367 e. The molecule has 2 aromatic rings. The molecule has 4 nitrogen and oxygen atoms in total. The van der Waals surface area contributed by atoms with Crippen molar-refractivity contribution in [1.29, 1.82) is 0 Å². The van der Waals surface area contributed by atoms with E-state index in [0.29, 0.717) is 6.04 Å². The van der Waals surface area contributed by atoms with E-state index >= 15 is 0 Å². The number of fused-ring (bicyclic) bond motifs is 1. The molecule has 3 rings (SSSR count). The molecule has 6 heteroatoms. The maximum Gasteiger partial charge on any atom is 0.226 e. The topological polar surface area (TPSA) is 49.8 Å². The Labute approximate surface area is 134 Å². The minimum absolute atomic E-state index is 0.541. The summed E-state index contributed by atoms with van der Waals surface area (Å²) in [5.74, 6) is 1.74. The number of hydrogen-bond acceptors (Lipinski definition) is 6. The molecule has 2 aromatic heterocycles. The summed E-state index contributed by atoms with van der Waals surface area (Å²) in [5, 5.41) is 11.0. The van der Waals surface area contributed by atoms with E-state index < -0.39 is 0 Å².